The zero-order valence-electron chi connectivity index (χ0n) is 27.9. The molecule has 0 N–H and O–H groups in total. The van der Waals surface area contributed by atoms with Crippen LogP contribution in [0, 0.1) is 0 Å². The van der Waals surface area contributed by atoms with Crippen molar-refractivity contribution in [3.05, 3.63) is 170 Å². The summed E-state index contributed by atoms with van der Waals surface area (Å²) < 4.78 is 4.89. The van der Waals surface area contributed by atoms with Crippen molar-refractivity contribution in [2.45, 2.75) is 0 Å². The van der Waals surface area contributed by atoms with Gasteiger partial charge in [-0.15, -0.1) is 11.3 Å². The highest BCUT2D eigenvalue weighted by molar-refractivity contribution is 7.25. The van der Waals surface area contributed by atoms with E-state index in [4.69, 9.17) is 15.0 Å². The van der Waals surface area contributed by atoms with Crippen LogP contribution in [0.15, 0.2) is 170 Å². The van der Waals surface area contributed by atoms with E-state index < -0.39 is 0 Å². The van der Waals surface area contributed by atoms with Crippen LogP contribution in [0.4, 0.5) is 0 Å². The molecule has 0 bridgehead atoms. The van der Waals surface area contributed by atoms with Crippen molar-refractivity contribution < 1.29 is 0 Å². The van der Waals surface area contributed by atoms with Crippen LogP contribution in [-0.4, -0.2) is 19.5 Å². The van der Waals surface area contributed by atoms with E-state index in [1.165, 1.54) is 52.8 Å². The maximum atomic E-state index is 5.29. The zero-order valence-corrected chi connectivity index (χ0v) is 28.7. The smallest absolute Gasteiger partial charge is 0.164 e. The molecule has 0 aliphatic carbocycles. The van der Waals surface area contributed by atoms with E-state index in [2.05, 4.69) is 156 Å². The van der Waals surface area contributed by atoms with Crippen molar-refractivity contribution in [2.75, 3.05) is 0 Å². The molecular formula is C47H28N4S. The summed E-state index contributed by atoms with van der Waals surface area (Å²) in [5.74, 6) is 1.97. The van der Waals surface area contributed by atoms with Gasteiger partial charge in [-0.3, -0.25) is 0 Å². The van der Waals surface area contributed by atoms with Crippen LogP contribution >= 0.6 is 11.3 Å². The number of benzene rings is 8. The molecule has 0 saturated heterocycles. The van der Waals surface area contributed by atoms with E-state index in [1.807, 2.05) is 18.2 Å². The van der Waals surface area contributed by atoms with E-state index in [0.717, 1.165) is 33.2 Å². The van der Waals surface area contributed by atoms with E-state index in [-0.39, 0.29) is 0 Å². The Labute approximate surface area is 302 Å². The van der Waals surface area contributed by atoms with Crippen LogP contribution in [-0.2, 0) is 0 Å². The Morgan fingerprint density at radius 1 is 0.385 bits per heavy atom. The van der Waals surface area contributed by atoms with Crippen molar-refractivity contribution in [3.63, 3.8) is 0 Å². The minimum Gasteiger partial charge on any atom is -0.309 e. The molecule has 0 aliphatic heterocycles. The summed E-state index contributed by atoms with van der Waals surface area (Å²) in [4.78, 5) is 15.6. The number of hydrogen-bond donors (Lipinski definition) is 0. The lowest BCUT2D eigenvalue weighted by atomic mass is 10.0. The molecule has 8 aromatic carbocycles. The van der Waals surface area contributed by atoms with Crippen molar-refractivity contribution >= 4 is 74.9 Å². The highest BCUT2D eigenvalue weighted by atomic mass is 32.1. The maximum Gasteiger partial charge on any atom is 0.164 e. The monoisotopic (exact) mass is 680 g/mol. The second-order valence-electron chi connectivity index (χ2n) is 13.2. The van der Waals surface area contributed by atoms with Crippen LogP contribution in [0.2, 0.25) is 0 Å². The van der Waals surface area contributed by atoms with Gasteiger partial charge in [0.15, 0.2) is 17.5 Å². The Hall–Kier alpha value is -6.69. The van der Waals surface area contributed by atoms with Crippen LogP contribution < -0.4 is 0 Å². The summed E-state index contributed by atoms with van der Waals surface area (Å²) in [5.41, 5.74) is 6.40. The Morgan fingerprint density at radius 3 is 1.88 bits per heavy atom. The molecule has 0 radical (unpaired) electrons. The SMILES string of the molecule is c1ccc(-c2nc(-c3cccc4c(-n5c6ccccc6c6cc7ccccc7cc65)cccc34)nc(-c3cccc4sc5ccccc5c34)n2)cc1. The van der Waals surface area contributed by atoms with Gasteiger partial charge >= 0.3 is 0 Å². The van der Waals surface area contributed by atoms with Gasteiger partial charge in [-0.2, -0.15) is 0 Å². The third-order valence-corrected chi connectivity index (χ3v) is 11.4. The standard InChI is InChI=1S/C47H28N4S/c1-2-13-29(14-3-1)45-48-46(50-47(49-45)37-22-12-26-43-44(37)36-18-7-9-25-42(36)52-43)35-21-10-20-33-32(35)19-11-24-40(33)51-39-23-8-6-17-34(39)38-27-30-15-4-5-16-31(30)28-41(38)51/h1-28H. The number of thiophene rings is 1. The molecule has 3 aromatic heterocycles. The van der Waals surface area contributed by atoms with Gasteiger partial charge in [0, 0.05) is 53.0 Å². The van der Waals surface area contributed by atoms with Gasteiger partial charge in [-0.1, -0.05) is 133 Å². The molecule has 52 heavy (non-hydrogen) atoms. The summed E-state index contributed by atoms with van der Waals surface area (Å²) in [6.45, 7) is 0. The Kier molecular flexibility index (Phi) is 6.39. The number of fused-ring (bicyclic) bond motifs is 8. The molecule has 242 valence electrons. The number of rotatable bonds is 4. The number of nitrogens with zero attached hydrogens (tertiary/aromatic N) is 4. The second kappa shape index (κ2) is 11.4. The van der Waals surface area contributed by atoms with E-state index in [1.54, 1.807) is 11.3 Å². The molecule has 5 heteroatoms. The summed E-state index contributed by atoms with van der Waals surface area (Å²) in [5, 5.41) is 9.55. The van der Waals surface area contributed by atoms with Crippen LogP contribution in [0.3, 0.4) is 0 Å². The molecule has 0 fully saturated rings. The Balaban J connectivity index is 1.18. The Morgan fingerprint density at radius 2 is 1.00 bits per heavy atom. The molecule has 0 amide bonds. The lowest BCUT2D eigenvalue weighted by Crippen LogP contribution is -2.01. The van der Waals surface area contributed by atoms with Crippen LogP contribution in [0.25, 0.3) is 103 Å². The topological polar surface area (TPSA) is 43.6 Å². The van der Waals surface area contributed by atoms with Crippen molar-refractivity contribution in [3.8, 4) is 39.9 Å². The van der Waals surface area contributed by atoms with E-state index in [0.29, 0.717) is 17.5 Å². The van der Waals surface area contributed by atoms with E-state index in [9.17, 15) is 0 Å². The summed E-state index contributed by atoms with van der Waals surface area (Å²) in [6, 6.07) is 60.3. The molecule has 4 nitrogen and oxygen atoms in total. The minimum absolute atomic E-state index is 0.649. The van der Waals surface area contributed by atoms with Gasteiger partial charge in [-0.05, 0) is 52.6 Å². The van der Waals surface area contributed by atoms with Crippen molar-refractivity contribution in [1.82, 2.24) is 19.5 Å². The van der Waals surface area contributed by atoms with Gasteiger partial charge in [0.05, 0.1) is 16.7 Å². The number of hydrogen-bond acceptors (Lipinski definition) is 4. The Bertz CT molecular complexity index is 3190. The summed E-state index contributed by atoms with van der Waals surface area (Å²) in [7, 11) is 0. The number of aromatic nitrogens is 4. The lowest BCUT2D eigenvalue weighted by Gasteiger charge is -2.15. The van der Waals surface area contributed by atoms with Gasteiger partial charge < -0.3 is 4.57 Å². The molecule has 0 saturated carbocycles. The van der Waals surface area contributed by atoms with Gasteiger partial charge in [0.1, 0.15) is 0 Å². The molecule has 0 unspecified atom stereocenters. The molecular weight excluding hydrogens is 653 g/mol. The molecule has 3 heterocycles. The minimum atomic E-state index is 0.649. The fourth-order valence-corrected chi connectivity index (χ4v) is 9.02. The van der Waals surface area contributed by atoms with Gasteiger partial charge in [-0.25, -0.2) is 15.0 Å². The van der Waals surface area contributed by atoms with Crippen molar-refractivity contribution in [1.29, 1.82) is 0 Å². The average molecular weight is 681 g/mol. The molecule has 0 aliphatic rings. The average Bonchev–Trinajstić information content (AvgIpc) is 3.75. The normalized spacial score (nSPS) is 11.8. The van der Waals surface area contributed by atoms with Crippen molar-refractivity contribution in [2.24, 2.45) is 0 Å². The van der Waals surface area contributed by atoms with E-state index >= 15 is 0 Å². The first-order valence-electron chi connectivity index (χ1n) is 17.5. The fourth-order valence-electron chi connectivity index (χ4n) is 7.89. The zero-order chi connectivity index (χ0) is 34.2. The summed E-state index contributed by atoms with van der Waals surface area (Å²) >= 11 is 1.80. The predicted octanol–water partition coefficient (Wildman–Crippen LogP) is 12.6. The third-order valence-electron chi connectivity index (χ3n) is 10.2. The van der Waals surface area contributed by atoms with Crippen LogP contribution in [0.1, 0.15) is 0 Å². The first kappa shape index (κ1) is 29.1. The van der Waals surface area contributed by atoms with Gasteiger partial charge in [0.2, 0.25) is 0 Å². The first-order valence-corrected chi connectivity index (χ1v) is 18.3. The highest BCUT2D eigenvalue weighted by Crippen LogP contribution is 2.41. The van der Waals surface area contributed by atoms with Crippen LogP contribution in [0.5, 0.6) is 0 Å². The summed E-state index contributed by atoms with van der Waals surface area (Å²) in [6.07, 6.45) is 0. The largest absolute Gasteiger partial charge is 0.309 e. The molecule has 0 atom stereocenters. The molecule has 11 aromatic rings. The third kappa shape index (κ3) is 4.43. The predicted molar refractivity (Wildman–Crippen MR) is 218 cm³/mol. The first-order chi connectivity index (χ1) is 25.8. The second-order valence-corrected chi connectivity index (χ2v) is 14.3. The number of para-hydroxylation sites is 1. The molecule has 11 rings (SSSR count). The fraction of sp³-hybridized carbons (Fsp3) is 0. The van der Waals surface area contributed by atoms with Gasteiger partial charge in [0.25, 0.3) is 0 Å². The molecule has 0 spiro atoms. The maximum absolute atomic E-state index is 5.29. The highest BCUT2D eigenvalue weighted by Gasteiger charge is 2.20. The lowest BCUT2D eigenvalue weighted by molar-refractivity contribution is 1.08. The quantitative estimate of drug-likeness (QED) is 0.186.